The summed E-state index contributed by atoms with van der Waals surface area (Å²) in [6, 6.07) is 0.126. The Labute approximate surface area is 156 Å². The SMILES string of the molecule is Cc1nnc2n1CC(NC(=O)NCC1CCN(CCC(C)C)CC1)CC2. The first-order valence-electron chi connectivity index (χ1n) is 10.2. The highest BCUT2D eigenvalue weighted by Crippen LogP contribution is 2.18. The number of amides is 2. The lowest BCUT2D eigenvalue weighted by atomic mass is 9.96. The van der Waals surface area contributed by atoms with Gasteiger partial charge in [-0.15, -0.1) is 10.2 Å². The molecule has 0 aliphatic carbocycles. The first-order valence-corrected chi connectivity index (χ1v) is 10.2. The van der Waals surface area contributed by atoms with E-state index >= 15 is 0 Å². The molecule has 2 aliphatic rings. The molecule has 0 spiro atoms. The van der Waals surface area contributed by atoms with Crippen molar-refractivity contribution in [3.05, 3.63) is 11.6 Å². The third kappa shape index (κ3) is 5.19. The molecule has 1 unspecified atom stereocenters. The van der Waals surface area contributed by atoms with Gasteiger partial charge >= 0.3 is 6.03 Å². The molecule has 3 heterocycles. The van der Waals surface area contributed by atoms with Gasteiger partial charge < -0.3 is 20.1 Å². The van der Waals surface area contributed by atoms with Crippen molar-refractivity contribution in [2.24, 2.45) is 11.8 Å². The van der Waals surface area contributed by atoms with E-state index in [0.29, 0.717) is 5.92 Å². The van der Waals surface area contributed by atoms with E-state index in [1.165, 1.54) is 38.9 Å². The fourth-order valence-electron chi connectivity index (χ4n) is 3.91. The van der Waals surface area contributed by atoms with Crippen LogP contribution in [-0.4, -0.2) is 57.9 Å². The Bertz CT molecular complexity index is 591. The third-order valence-electron chi connectivity index (χ3n) is 5.75. The number of urea groups is 1. The Morgan fingerprint density at radius 2 is 2.00 bits per heavy atom. The van der Waals surface area contributed by atoms with Crippen LogP contribution in [0.3, 0.4) is 0 Å². The van der Waals surface area contributed by atoms with Gasteiger partial charge in [0.05, 0.1) is 0 Å². The predicted octanol–water partition coefficient (Wildman–Crippen LogP) is 1.96. The minimum atomic E-state index is -0.0357. The standard InChI is InChI=1S/C19H34N6O/c1-14(2)6-9-24-10-7-16(8-11-24)12-20-19(26)21-17-4-5-18-23-22-15(3)25(18)13-17/h14,16-17H,4-13H2,1-3H3,(H2,20,21,26). The molecule has 1 atom stereocenters. The predicted molar refractivity (Wildman–Crippen MR) is 102 cm³/mol. The van der Waals surface area contributed by atoms with Gasteiger partial charge in [-0.25, -0.2) is 4.79 Å². The molecule has 0 aromatic carbocycles. The summed E-state index contributed by atoms with van der Waals surface area (Å²) in [5.41, 5.74) is 0. The zero-order valence-electron chi connectivity index (χ0n) is 16.5. The summed E-state index contributed by atoms with van der Waals surface area (Å²) in [6.07, 6.45) is 5.46. The molecule has 7 heteroatoms. The molecule has 2 amide bonds. The van der Waals surface area contributed by atoms with Gasteiger partial charge in [-0.05, 0) is 64.1 Å². The highest BCUT2D eigenvalue weighted by atomic mass is 16.2. The summed E-state index contributed by atoms with van der Waals surface area (Å²) in [6.45, 7) is 11.6. The molecular weight excluding hydrogens is 328 g/mol. The molecule has 0 saturated carbocycles. The molecule has 1 saturated heterocycles. The average molecular weight is 363 g/mol. The Morgan fingerprint density at radius 3 is 2.73 bits per heavy atom. The van der Waals surface area contributed by atoms with Crippen LogP contribution in [-0.2, 0) is 13.0 Å². The smallest absolute Gasteiger partial charge is 0.315 e. The van der Waals surface area contributed by atoms with E-state index in [4.69, 9.17) is 0 Å². The molecular formula is C19H34N6O. The van der Waals surface area contributed by atoms with E-state index in [1.807, 2.05) is 6.92 Å². The Hall–Kier alpha value is -1.63. The van der Waals surface area contributed by atoms with E-state index in [0.717, 1.165) is 43.5 Å². The Morgan fingerprint density at radius 1 is 1.23 bits per heavy atom. The summed E-state index contributed by atoms with van der Waals surface area (Å²) in [4.78, 5) is 14.8. The highest BCUT2D eigenvalue weighted by molar-refractivity contribution is 5.74. The van der Waals surface area contributed by atoms with Crippen LogP contribution in [0.1, 0.15) is 51.2 Å². The van der Waals surface area contributed by atoms with Crippen molar-refractivity contribution in [1.82, 2.24) is 30.3 Å². The van der Waals surface area contributed by atoms with Gasteiger partial charge in [0.15, 0.2) is 0 Å². The van der Waals surface area contributed by atoms with Crippen molar-refractivity contribution in [2.45, 2.75) is 65.5 Å². The maximum Gasteiger partial charge on any atom is 0.315 e. The number of rotatable bonds is 6. The number of carbonyl (C=O) groups excluding carboxylic acids is 1. The zero-order valence-corrected chi connectivity index (χ0v) is 16.5. The van der Waals surface area contributed by atoms with Crippen LogP contribution in [0, 0.1) is 18.8 Å². The largest absolute Gasteiger partial charge is 0.338 e. The number of hydrogen-bond donors (Lipinski definition) is 2. The number of likely N-dealkylation sites (tertiary alicyclic amines) is 1. The molecule has 26 heavy (non-hydrogen) atoms. The molecule has 2 aliphatic heterocycles. The first-order chi connectivity index (χ1) is 12.5. The lowest BCUT2D eigenvalue weighted by molar-refractivity contribution is 0.173. The summed E-state index contributed by atoms with van der Waals surface area (Å²) in [5.74, 6) is 3.34. The van der Waals surface area contributed by atoms with Crippen LogP contribution in [0.15, 0.2) is 0 Å². The lowest BCUT2D eigenvalue weighted by Gasteiger charge is -2.32. The second kappa shape index (κ2) is 8.84. The first kappa shape index (κ1) is 19.1. The minimum absolute atomic E-state index is 0.0357. The van der Waals surface area contributed by atoms with Crippen molar-refractivity contribution in [3.63, 3.8) is 0 Å². The number of aromatic nitrogens is 3. The van der Waals surface area contributed by atoms with E-state index in [1.54, 1.807) is 0 Å². The molecule has 146 valence electrons. The van der Waals surface area contributed by atoms with Crippen molar-refractivity contribution in [1.29, 1.82) is 0 Å². The Balaban J connectivity index is 1.33. The molecule has 1 aromatic rings. The number of aryl methyl sites for hydroxylation is 2. The maximum atomic E-state index is 12.3. The van der Waals surface area contributed by atoms with Crippen molar-refractivity contribution < 1.29 is 4.79 Å². The quantitative estimate of drug-likeness (QED) is 0.811. The number of fused-ring (bicyclic) bond motifs is 1. The molecule has 0 bridgehead atoms. The Kier molecular flexibility index (Phi) is 6.51. The second-order valence-electron chi connectivity index (χ2n) is 8.33. The van der Waals surface area contributed by atoms with Crippen LogP contribution in [0.2, 0.25) is 0 Å². The summed E-state index contributed by atoms with van der Waals surface area (Å²) in [5, 5.41) is 14.5. The summed E-state index contributed by atoms with van der Waals surface area (Å²) in [7, 11) is 0. The van der Waals surface area contributed by atoms with Gasteiger partial charge in [-0.2, -0.15) is 0 Å². The molecule has 1 aromatic heterocycles. The van der Waals surface area contributed by atoms with Crippen LogP contribution < -0.4 is 10.6 Å². The van der Waals surface area contributed by atoms with E-state index in [9.17, 15) is 4.79 Å². The van der Waals surface area contributed by atoms with Crippen LogP contribution >= 0.6 is 0 Å². The normalized spacial score (nSPS) is 21.6. The van der Waals surface area contributed by atoms with E-state index in [-0.39, 0.29) is 12.1 Å². The molecule has 7 nitrogen and oxygen atoms in total. The van der Waals surface area contributed by atoms with Crippen LogP contribution in [0.5, 0.6) is 0 Å². The van der Waals surface area contributed by atoms with Crippen LogP contribution in [0.25, 0.3) is 0 Å². The number of piperidine rings is 1. The summed E-state index contributed by atoms with van der Waals surface area (Å²) < 4.78 is 2.11. The fraction of sp³-hybridized carbons (Fsp3) is 0.842. The van der Waals surface area contributed by atoms with Gasteiger partial charge in [0, 0.05) is 25.6 Å². The molecule has 2 N–H and O–H groups in total. The lowest BCUT2D eigenvalue weighted by Crippen LogP contribution is -2.47. The number of hydrogen-bond acceptors (Lipinski definition) is 4. The van der Waals surface area contributed by atoms with Crippen LogP contribution in [0.4, 0.5) is 4.79 Å². The topological polar surface area (TPSA) is 75.1 Å². The van der Waals surface area contributed by atoms with Crippen molar-refractivity contribution in [2.75, 3.05) is 26.2 Å². The average Bonchev–Trinajstić information content (AvgIpc) is 3.00. The van der Waals surface area contributed by atoms with Gasteiger partial charge in [-0.1, -0.05) is 13.8 Å². The minimum Gasteiger partial charge on any atom is -0.338 e. The van der Waals surface area contributed by atoms with E-state index < -0.39 is 0 Å². The fourth-order valence-corrected chi connectivity index (χ4v) is 3.91. The van der Waals surface area contributed by atoms with Gasteiger partial charge in [-0.3, -0.25) is 0 Å². The number of nitrogens with zero attached hydrogens (tertiary/aromatic N) is 4. The molecule has 1 fully saturated rings. The zero-order chi connectivity index (χ0) is 18.5. The van der Waals surface area contributed by atoms with Crippen molar-refractivity contribution in [3.8, 4) is 0 Å². The van der Waals surface area contributed by atoms with Gasteiger partial charge in [0.2, 0.25) is 0 Å². The highest BCUT2D eigenvalue weighted by Gasteiger charge is 2.24. The van der Waals surface area contributed by atoms with Gasteiger partial charge in [0.1, 0.15) is 11.6 Å². The molecule has 3 rings (SSSR count). The van der Waals surface area contributed by atoms with E-state index in [2.05, 4.69) is 44.1 Å². The maximum absolute atomic E-state index is 12.3. The molecule has 0 radical (unpaired) electrons. The third-order valence-corrected chi connectivity index (χ3v) is 5.75. The second-order valence-corrected chi connectivity index (χ2v) is 8.33. The summed E-state index contributed by atoms with van der Waals surface area (Å²) >= 11 is 0. The monoisotopic (exact) mass is 362 g/mol. The van der Waals surface area contributed by atoms with Crippen molar-refractivity contribution >= 4 is 6.03 Å². The van der Waals surface area contributed by atoms with Gasteiger partial charge in [0.25, 0.3) is 0 Å². The number of nitrogens with one attached hydrogen (secondary N) is 2. The number of carbonyl (C=O) groups is 1.